The van der Waals surface area contributed by atoms with Crippen LogP contribution in [0, 0.1) is 0 Å². The van der Waals surface area contributed by atoms with Crippen LogP contribution in [0.2, 0.25) is 0 Å². The number of fused-ring (bicyclic) bond motifs is 1. The van der Waals surface area contributed by atoms with Crippen molar-refractivity contribution < 1.29 is 9.21 Å². The van der Waals surface area contributed by atoms with Crippen molar-refractivity contribution in [1.29, 1.82) is 0 Å². The van der Waals surface area contributed by atoms with E-state index in [0.29, 0.717) is 27.7 Å². The van der Waals surface area contributed by atoms with Crippen LogP contribution in [0.25, 0.3) is 10.2 Å². The third-order valence-electron chi connectivity index (χ3n) is 3.04. The van der Waals surface area contributed by atoms with E-state index in [1.807, 2.05) is 5.38 Å². The molecule has 0 unspecified atom stereocenters. The van der Waals surface area contributed by atoms with Crippen molar-refractivity contribution in [3.8, 4) is 0 Å². The van der Waals surface area contributed by atoms with Crippen molar-refractivity contribution in [1.82, 2.24) is 14.9 Å². The van der Waals surface area contributed by atoms with Gasteiger partial charge in [-0.15, -0.1) is 11.3 Å². The van der Waals surface area contributed by atoms with Gasteiger partial charge < -0.3 is 9.73 Å². The molecule has 3 aromatic rings. The minimum absolute atomic E-state index is 0.0928. The molecule has 3 aromatic heterocycles. The average Bonchev–Trinajstić information content (AvgIpc) is 3.18. The van der Waals surface area contributed by atoms with Gasteiger partial charge >= 0.3 is 0 Å². The van der Waals surface area contributed by atoms with Crippen LogP contribution in [0.15, 0.2) is 44.2 Å². The second kappa shape index (κ2) is 6.37. The first-order chi connectivity index (χ1) is 10.6. The molecule has 8 heteroatoms. The van der Waals surface area contributed by atoms with Crippen LogP contribution >= 0.6 is 23.1 Å². The van der Waals surface area contributed by atoms with E-state index in [-0.39, 0.29) is 17.2 Å². The summed E-state index contributed by atoms with van der Waals surface area (Å²) in [5, 5.41) is 5.74. The molecule has 114 valence electrons. The molecule has 0 aliphatic heterocycles. The van der Waals surface area contributed by atoms with Crippen molar-refractivity contribution in [3.63, 3.8) is 0 Å². The predicted molar refractivity (Wildman–Crippen MR) is 86.1 cm³/mol. The molecule has 6 nitrogen and oxygen atoms in total. The van der Waals surface area contributed by atoms with Crippen LogP contribution in [0.3, 0.4) is 0 Å². The van der Waals surface area contributed by atoms with E-state index >= 15 is 0 Å². The fraction of sp³-hybridized carbons (Fsp3) is 0.214. The molecule has 0 atom stereocenters. The van der Waals surface area contributed by atoms with Gasteiger partial charge in [0.25, 0.3) is 5.56 Å². The molecule has 3 heterocycles. The normalized spacial score (nSPS) is 11.0. The number of thiophene rings is 1. The maximum absolute atomic E-state index is 12.1. The highest BCUT2D eigenvalue weighted by atomic mass is 32.2. The topological polar surface area (TPSA) is 77.1 Å². The molecule has 0 bridgehead atoms. The monoisotopic (exact) mass is 335 g/mol. The molecule has 22 heavy (non-hydrogen) atoms. The number of carbonyl (C=O) groups is 1. The van der Waals surface area contributed by atoms with Gasteiger partial charge in [0.1, 0.15) is 10.6 Å². The van der Waals surface area contributed by atoms with Gasteiger partial charge in [0.15, 0.2) is 5.16 Å². The number of amides is 1. The second-order valence-electron chi connectivity index (χ2n) is 4.54. The number of rotatable bonds is 5. The molecule has 3 rings (SSSR count). The van der Waals surface area contributed by atoms with Gasteiger partial charge in [-0.25, -0.2) is 4.98 Å². The molecule has 0 saturated carbocycles. The Kier molecular flexibility index (Phi) is 4.30. The first kappa shape index (κ1) is 14.9. The van der Waals surface area contributed by atoms with E-state index in [0.717, 1.165) is 0 Å². The first-order valence-corrected chi connectivity index (χ1v) is 8.38. The molecule has 0 spiro atoms. The SMILES string of the molecule is Cn1c(SCC(=O)NCc2ccco2)nc2sccc2c1=O. The molecule has 0 aliphatic carbocycles. The minimum Gasteiger partial charge on any atom is -0.467 e. The van der Waals surface area contributed by atoms with Crippen LogP contribution < -0.4 is 10.9 Å². The second-order valence-corrected chi connectivity index (χ2v) is 6.38. The van der Waals surface area contributed by atoms with Gasteiger partial charge in [-0.3, -0.25) is 14.2 Å². The van der Waals surface area contributed by atoms with Crippen LogP contribution in [-0.4, -0.2) is 21.2 Å². The Hall–Kier alpha value is -2.06. The van der Waals surface area contributed by atoms with Gasteiger partial charge in [-0.1, -0.05) is 11.8 Å². The smallest absolute Gasteiger partial charge is 0.262 e. The predicted octanol–water partition coefficient (Wildman–Crippen LogP) is 2.00. The molecule has 1 amide bonds. The Balaban J connectivity index is 1.64. The molecule has 0 saturated heterocycles. The van der Waals surface area contributed by atoms with Crippen LogP contribution in [0.5, 0.6) is 0 Å². The quantitative estimate of drug-likeness (QED) is 0.570. The van der Waals surface area contributed by atoms with Crippen molar-refractivity contribution in [2.24, 2.45) is 7.05 Å². The Morgan fingerprint density at radius 1 is 1.50 bits per heavy atom. The largest absolute Gasteiger partial charge is 0.467 e. The van der Waals surface area contributed by atoms with E-state index in [1.165, 1.54) is 27.7 Å². The molecular weight excluding hydrogens is 322 g/mol. The zero-order valence-electron chi connectivity index (χ0n) is 11.7. The number of hydrogen-bond donors (Lipinski definition) is 1. The highest BCUT2D eigenvalue weighted by Crippen LogP contribution is 2.20. The molecule has 0 aliphatic rings. The molecule has 0 fully saturated rings. The number of furan rings is 1. The number of hydrogen-bond acceptors (Lipinski definition) is 6. The van der Waals surface area contributed by atoms with E-state index in [9.17, 15) is 9.59 Å². The van der Waals surface area contributed by atoms with Gasteiger partial charge in [0, 0.05) is 7.05 Å². The van der Waals surface area contributed by atoms with Crippen molar-refractivity contribution >= 4 is 39.2 Å². The lowest BCUT2D eigenvalue weighted by atomic mass is 10.4. The molecule has 1 N–H and O–H groups in total. The third-order valence-corrected chi connectivity index (χ3v) is 4.87. The fourth-order valence-electron chi connectivity index (χ4n) is 1.89. The maximum atomic E-state index is 12.1. The summed E-state index contributed by atoms with van der Waals surface area (Å²) >= 11 is 2.66. The lowest BCUT2D eigenvalue weighted by Gasteiger charge is -2.07. The summed E-state index contributed by atoms with van der Waals surface area (Å²) in [6, 6.07) is 5.33. The average molecular weight is 335 g/mol. The van der Waals surface area contributed by atoms with Crippen molar-refractivity contribution in [2.45, 2.75) is 11.7 Å². The summed E-state index contributed by atoms with van der Waals surface area (Å²) in [7, 11) is 1.66. The number of nitrogens with one attached hydrogen (secondary N) is 1. The van der Waals surface area contributed by atoms with Gasteiger partial charge in [0.05, 0.1) is 23.9 Å². The Morgan fingerprint density at radius 3 is 3.14 bits per heavy atom. The van der Waals surface area contributed by atoms with Crippen LogP contribution in [-0.2, 0) is 18.4 Å². The first-order valence-electron chi connectivity index (χ1n) is 6.51. The Labute approximate surface area is 134 Å². The highest BCUT2D eigenvalue weighted by Gasteiger charge is 2.11. The maximum Gasteiger partial charge on any atom is 0.262 e. The number of thioether (sulfide) groups is 1. The zero-order valence-corrected chi connectivity index (χ0v) is 13.4. The summed E-state index contributed by atoms with van der Waals surface area (Å²) in [6.07, 6.45) is 1.56. The summed E-state index contributed by atoms with van der Waals surface area (Å²) < 4.78 is 6.61. The third kappa shape index (κ3) is 3.07. The van der Waals surface area contributed by atoms with Crippen molar-refractivity contribution in [3.05, 3.63) is 46.0 Å². The number of aromatic nitrogens is 2. The number of carbonyl (C=O) groups excluding carboxylic acids is 1. The van der Waals surface area contributed by atoms with Gasteiger partial charge in [-0.2, -0.15) is 0 Å². The summed E-state index contributed by atoms with van der Waals surface area (Å²) in [6.45, 7) is 0.350. The van der Waals surface area contributed by atoms with Gasteiger partial charge in [0.2, 0.25) is 5.91 Å². The van der Waals surface area contributed by atoms with E-state index < -0.39 is 0 Å². The summed E-state index contributed by atoms with van der Waals surface area (Å²) in [5.41, 5.74) is -0.0928. The van der Waals surface area contributed by atoms with E-state index in [1.54, 1.807) is 31.5 Å². The van der Waals surface area contributed by atoms with E-state index in [2.05, 4.69) is 10.3 Å². The summed E-state index contributed by atoms with van der Waals surface area (Å²) in [4.78, 5) is 29.1. The zero-order chi connectivity index (χ0) is 15.5. The molecular formula is C14H13N3O3S2. The standard InChI is InChI=1S/C14H13N3O3S2/c1-17-13(19)10-4-6-21-12(10)16-14(17)22-8-11(18)15-7-9-3-2-5-20-9/h2-6H,7-8H2,1H3,(H,15,18). The van der Waals surface area contributed by atoms with Crippen LogP contribution in [0.1, 0.15) is 5.76 Å². The molecule has 0 radical (unpaired) electrons. The molecule has 0 aromatic carbocycles. The summed E-state index contributed by atoms with van der Waals surface area (Å²) in [5.74, 6) is 0.753. The lowest BCUT2D eigenvalue weighted by Crippen LogP contribution is -2.25. The Bertz CT molecular complexity index is 852. The highest BCUT2D eigenvalue weighted by molar-refractivity contribution is 7.99. The Morgan fingerprint density at radius 2 is 2.36 bits per heavy atom. The minimum atomic E-state index is -0.137. The lowest BCUT2D eigenvalue weighted by molar-refractivity contribution is -0.118. The van der Waals surface area contributed by atoms with E-state index in [4.69, 9.17) is 4.42 Å². The van der Waals surface area contributed by atoms with Gasteiger partial charge in [-0.05, 0) is 23.6 Å². The number of nitrogens with zero attached hydrogens (tertiary/aromatic N) is 2. The van der Waals surface area contributed by atoms with Crippen molar-refractivity contribution in [2.75, 3.05) is 5.75 Å². The van der Waals surface area contributed by atoms with Crippen LogP contribution in [0.4, 0.5) is 0 Å². The fourth-order valence-corrected chi connectivity index (χ4v) is 3.50.